The molecule has 1 atom stereocenters. The monoisotopic (exact) mass is 211 g/mol. The third kappa shape index (κ3) is 2.16. The first-order chi connectivity index (χ1) is 6.77. The molecule has 0 amide bonds. The maximum absolute atomic E-state index is 5.79. The van der Waals surface area contributed by atoms with Gasteiger partial charge in [0.25, 0.3) is 0 Å². The summed E-state index contributed by atoms with van der Waals surface area (Å²) in [4.78, 5) is 3.74. The summed E-state index contributed by atoms with van der Waals surface area (Å²) in [5.74, 6) is 0. The Kier molecular flexibility index (Phi) is 3.21. The van der Waals surface area contributed by atoms with Gasteiger partial charge in [-0.3, -0.25) is 0 Å². The van der Waals surface area contributed by atoms with Gasteiger partial charge in [-0.25, -0.2) is 0 Å². The normalized spacial score (nSPS) is 21.2. The zero-order valence-corrected chi connectivity index (χ0v) is 9.64. The molecule has 1 aromatic rings. The molecule has 3 heteroatoms. The molecule has 14 heavy (non-hydrogen) atoms. The van der Waals surface area contributed by atoms with Gasteiger partial charge >= 0.3 is 0 Å². The second-order valence-electron chi connectivity index (χ2n) is 4.00. The third-order valence-electron chi connectivity index (χ3n) is 2.61. The van der Waals surface area contributed by atoms with E-state index in [2.05, 4.69) is 30.4 Å². The summed E-state index contributed by atoms with van der Waals surface area (Å²) in [5.41, 5.74) is 1.43. The van der Waals surface area contributed by atoms with E-state index in [4.69, 9.17) is 4.74 Å². The van der Waals surface area contributed by atoms with Crippen LogP contribution in [0.15, 0.2) is 11.4 Å². The Bertz CT molecular complexity index is 295. The zero-order chi connectivity index (χ0) is 9.97. The first-order valence-electron chi connectivity index (χ1n) is 5.10. The molecule has 0 aliphatic carbocycles. The molecule has 78 valence electrons. The molecule has 2 nitrogen and oxygen atoms in total. The van der Waals surface area contributed by atoms with E-state index in [0.717, 1.165) is 26.0 Å². The number of fused-ring (bicyclic) bond motifs is 1. The van der Waals surface area contributed by atoms with Crippen LogP contribution in [-0.4, -0.2) is 32.1 Å². The standard InChI is InChI=1S/C11H17NOS/c1-12(2)6-3-10-9-5-8-14-11(9)4-7-13-10/h5,8,10H,3-4,6-7H2,1-2H3. The van der Waals surface area contributed by atoms with Crippen LogP contribution < -0.4 is 0 Å². The van der Waals surface area contributed by atoms with Crippen molar-refractivity contribution in [1.29, 1.82) is 0 Å². The van der Waals surface area contributed by atoms with Gasteiger partial charge in [-0.15, -0.1) is 11.3 Å². The fraction of sp³-hybridized carbons (Fsp3) is 0.636. The summed E-state index contributed by atoms with van der Waals surface area (Å²) in [6.45, 7) is 1.99. The van der Waals surface area contributed by atoms with Crippen molar-refractivity contribution in [1.82, 2.24) is 4.90 Å². The number of hydrogen-bond donors (Lipinski definition) is 0. The van der Waals surface area contributed by atoms with Gasteiger partial charge in [0.1, 0.15) is 0 Å². The minimum Gasteiger partial charge on any atom is -0.373 e. The van der Waals surface area contributed by atoms with E-state index in [9.17, 15) is 0 Å². The summed E-state index contributed by atoms with van der Waals surface area (Å²) >= 11 is 1.87. The first kappa shape index (κ1) is 10.1. The van der Waals surface area contributed by atoms with E-state index >= 15 is 0 Å². The highest BCUT2D eigenvalue weighted by atomic mass is 32.1. The minimum atomic E-state index is 0.340. The summed E-state index contributed by atoms with van der Waals surface area (Å²) in [6.07, 6.45) is 2.55. The van der Waals surface area contributed by atoms with Crippen molar-refractivity contribution in [2.75, 3.05) is 27.2 Å². The van der Waals surface area contributed by atoms with Crippen molar-refractivity contribution < 1.29 is 4.74 Å². The fourth-order valence-corrected chi connectivity index (χ4v) is 2.75. The molecule has 2 rings (SSSR count). The Balaban J connectivity index is 2.01. The molecule has 1 aromatic heterocycles. The van der Waals surface area contributed by atoms with Gasteiger partial charge in [0.05, 0.1) is 12.7 Å². The molecule has 0 fully saturated rings. The Morgan fingerprint density at radius 1 is 1.57 bits per heavy atom. The molecule has 0 radical (unpaired) electrons. The maximum atomic E-state index is 5.79. The maximum Gasteiger partial charge on any atom is 0.0848 e. The van der Waals surface area contributed by atoms with E-state index in [0.29, 0.717) is 6.10 Å². The second-order valence-corrected chi connectivity index (χ2v) is 5.00. The summed E-state index contributed by atoms with van der Waals surface area (Å²) < 4.78 is 5.79. The lowest BCUT2D eigenvalue weighted by Gasteiger charge is -2.24. The van der Waals surface area contributed by atoms with Crippen LogP contribution in [0.3, 0.4) is 0 Å². The quantitative estimate of drug-likeness (QED) is 0.760. The minimum absolute atomic E-state index is 0.340. The van der Waals surface area contributed by atoms with Crippen LogP contribution in [0.5, 0.6) is 0 Å². The van der Waals surface area contributed by atoms with Gasteiger partial charge in [0.2, 0.25) is 0 Å². The summed E-state index contributed by atoms with van der Waals surface area (Å²) in [6, 6.07) is 2.22. The largest absolute Gasteiger partial charge is 0.373 e. The van der Waals surface area contributed by atoms with Gasteiger partial charge in [-0.1, -0.05) is 0 Å². The van der Waals surface area contributed by atoms with Crippen molar-refractivity contribution in [2.24, 2.45) is 0 Å². The number of ether oxygens (including phenoxy) is 1. The molecular formula is C11H17NOS. The van der Waals surface area contributed by atoms with E-state index in [1.807, 2.05) is 11.3 Å². The third-order valence-corrected chi connectivity index (χ3v) is 3.61. The van der Waals surface area contributed by atoms with Crippen molar-refractivity contribution >= 4 is 11.3 Å². The molecule has 1 unspecified atom stereocenters. The van der Waals surface area contributed by atoms with Gasteiger partial charge in [-0.2, -0.15) is 0 Å². The molecule has 0 saturated heterocycles. The van der Waals surface area contributed by atoms with Crippen LogP contribution in [0, 0.1) is 0 Å². The van der Waals surface area contributed by atoms with Gasteiger partial charge < -0.3 is 9.64 Å². The Morgan fingerprint density at radius 2 is 2.43 bits per heavy atom. The number of thiophene rings is 1. The average Bonchev–Trinajstić information content (AvgIpc) is 2.62. The number of nitrogens with zero attached hydrogens (tertiary/aromatic N) is 1. The topological polar surface area (TPSA) is 12.5 Å². The van der Waals surface area contributed by atoms with E-state index in [1.165, 1.54) is 10.4 Å². The van der Waals surface area contributed by atoms with E-state index in [-0.39, 0.29) is 0 Å². The molecule has 1 aliphatic heterocycles. The van der Waals surface area contributed by atoms with Crippen molar-refractivity contribution in [3.05, 3.63) is 21.9 Å². The van der Waals surface area contributed by atoms with Crippen LogP contribution in [0.4, 0.5) is 0 Å². The summed E-state index contributed by atoms with van der Waals surface area (Å²) in [5, 5.41) is 2.18. The Morgan fingerprint density at radius 3 is 3.21 bits per heavy atom. The lowest BCUT2D eigenvalue weighted by Crippen LogP contribution is -2.20. The van der Waals surface area contributed by atoms with Crippen molar-refractivity contribution in [3.8, 4) is 0 Å². The van der Waals surface area contributed by atoms with Crippen LogP contribution in [0.1, 0.15) is 23.0 Å². The molecule has 1 aliphatic rings. The fourth-order valence-electron chi connectivity index (χ4n) is 1.84. The molecule has 0 spiro atoms. The smallest absolute Gasteiger partial charge is 0.0848 e. The number of hydrogen-bond acceptors (Lipinski definition) is 3. The zero-order valence-electron chi connectivity index (χ0n) is 8.82. The van der Waals surface area contributed by atoms with Crippen LogP contribution in [-0.2, 0) is 11.2 Å². The first-order valence-corrected chi connectivity index (χ1v) is 5.98. The molecule has 0 aromatic carbocycles. The molecule has 2 heterocycles. The van der Waals surface area contributed by atoms with E-state index in [1.54, 1.807) is 0 Å². The lowest BCUT2D eigenvalue weighted by molar-refractivity contribution is 0.0334. The SMILES string of the molecule is CN(C)CCC1OCCc2sccc21. The van der Waals surface area contributed by atoms with Crippen molar-refractivity contribution in [3.63, 3.8) is 0 Å². The van der Waals surface area contributed by atoms with Crippen LogP contribution >= 0.6 is 11.3 Å². The van der Waals surface area contributed by atoms with Gasteiger partial charge in [0, 0.05) is 17.8 Å². The predicted octanol–water partition coefficient (Wildman–Crippen LogP) is 2.31. The highest BCUT2D eigenvalue weighted by Crippen LogP contribution is 2.32. The van der Waals surface area contributed by atoms with Crippen LogP contribution in [0.25, 0.3) is 0 Å². The molecule has 0 saturated carbocycles. The Labute approximate surface area is 89.5 Å². The second kappa shape index (κ2) is 4.43. The van der Waals surface area contributed by atoms with Crippen molar-refractivity contribution in [2.45, 2.75) is 18.9 Å². The van der Waals surface area contributed by atoms with Gasteiger partial charge in [0.15, 0.2) is 0 Å². The molecule has 0 N–H and O–H groups in total. The number of rotatable bonds is 3. The van der Waals surface area contributed by atoms with Gasteiger partial charge in [-0.05, 0) is 37.5 Å². The predicted molar refractivity (Wildman–Crippen MR) is 59.9 cm³/mol. The molecular weight excluding hydrogens is 194 g/mol. The lowest BCUT2D eigenvalue weighted by atomic mass is 10.0. The average molecular weight is 211 g/mol. The Hall–Kier alpha value is -0.380. The highest BCUT2D eigenvalue weighted by molar-refractivity contribution is 7.10. The summed E-state index contributed by atoms with van der Waals surface area (Å²) in [7, 11) is 4.22. The highest BCUT2D eigenvalue weighted by Gasteiger charge is 2.21. The van der Waals surface area contributed by atoms with Crippen LogP contribution in [0.2, 0.25) is 0 Å². The van der Waals surface area contributed by atoms with E-state index < -0.39 is 0 Å². The molecule has 0 bridgehead atoms.